The summed E-state index contributed by atoms with van der Waals surface area (Å²) < 4.78 is 5.46. The molecule has 9 heteroatoms. The molecule has 37 heavy (non-hydrogen) atoms. The van der Waals surface area contributed by atoms with Gasteiger partial charge in [-0.1, -0.05) is 48.5 Å². The van der Waals surface area contributed by atoms with E-state index in [2.05, 4.69) is 27.9 Å². The second-order valence-electron chi connectivity index (χ2n) is 9.40. The summed E-state index contributed by atoms with van der Waals surface area (Å²) in [6, 6.07) is 16.0. The molecule has 0 bridgehead atoms. The number of nitrogens with zero attached hydrogens (tertiary/aromatic N) is 4. The largest absolute Gasteiger partial charge is 0.356 e. The van der Waals surface area contributed by atoms with Crippen LogP contribution in [0.1, 0.15) is 29.3 Å². The molecular formula is C28H36N6O3. The van der Waals surface area contributed by atoms with Crippen molar-refractivity contribution in [1.29, 1.82) is 0 Å². The summed E-state index contributed by atoms with van der Waals surface area (Å²) in [5.41, 5.74) is 5.85. The first kappa shape index (κ1) is 26.4. The van der Waals surface area contributed by atoms with E-state index in [9.17, 15) is 9.59 Å². The molecule has 0 atom stereocenters. The average molecular weight is 505 g/mol. The Morgan fingerprint density at radius 3 is 2.41 bits per heavy atom. The van der Waals surface area contributed by atoms with Crippen molar-refractivity contribution < 1.29 is 14.1 Å². The van der Waals surface area contributed by atoms with Gasteiger partial charge in [0, 0.05) is 50.5 Å². The number of hydrogen-bond acceptors (Lipinski definition) is 7. The molecule has 2 amide bonds. The van der Waals surface area contributed by atoms with Crippen LogP contribution in [0.15, 0.2) is 53.1 Å². The van der Waals surface area contributed by atoms with E-state index in [-0.39, 0.29) is 24.9 Å². The second kappa shape index (κ2) is 12.0. The molecule has 0 radical (unpaired) electrons. The Labute approximate surface area is 218 Å². The van der Waals surface area contributed by atoms with E-state index in [0.29, 0.717) is 31.9 Å². The van der Waals surface area contributed by atoms with Crippen molar-refractivity contribution in [3.8, 4) is 11.3 Å². The summed E-state index contributed by atoms with van der Waals surface area (Å²) in [6.07, 6.45) is 0. The number of aromatic nitrogens is 1. The Hall–Kier alpha value is -3.69. The normalized spacial score (nSPS) is 12.9. The van der Waals surface area contributed by atoms with Gasteiger partial charge in [0.15, 0.2) is 5.76 Å². The number of nitrogens with one attached hydrogen (secondary N) is 2. The summed E-state index contributed by atoms with van der Waals surface area (Å²) in [7, 11) is 1.80. The van der Waals surface area contributed by atoms with Crippen LogP contribution in [0.4, 0.5) is 5.69 Å². The summed E-state index contributed by atoms with van der Waals surface area (Å²) >= 11 is 0. The van der Waals surface area contributed by atoms with E-state index in [1.807, 2.05) is 67.1 Å². The van der Waals surface area contributed by atoms with E-state index in [1.165, 1.54) is 11.1 Å². The first-order valence-corrected chi connectivity index (χ1v) is 12.7. The van der Waals surface area contributed by atoms with Crippen molar-refractivity contribution in [2.75, 3.05) is 44.7 Å². The van der Waals surface area contributed by atoms with Gasteiger partial charge in [0.05, 0.1) is 18.8 Å². The zero-order valence-electron chi connectivity index (χ0n) is 22.1. The van der Waals surface area contributed by atoms with E-state index < -0.39 is 0 Å². The maximum Gasteiger partial charge on any atom is 0.256 e. The van der Waals surface area contributed by atoms with Gasteiger partial charge in [-0.05, 0) is 43.1 Å². The number of aryl methyl sites for hydroxylation is 2. The topological polar surface area (TPSA) is 93.9 Å². The second-order valence-corrected chi connectivity index (χ2v) is 9.40. The molecule has 196 valence electrons. The number of fused-ring (bicyclic) bond motifs is 1. The average Bonchev–Trinajstić information content (AvgIpc) is 3.52. The molecule has 1 aromatic heterocycles. The number of anilines is 1. The highest BCUT2D eigenvalue weighted by Crippen LogP contribution is 2.29. The number of hydrogen-bond donors (Lipinski definition) is 2. The predicted molar refractivity (Wildman–Crippen MR) is 144 cm³/mol. The molecule has 0 saturated carbocycles. The van der Waals surface area contributed by atoms with E-state index >= 15 is 0 Å². The maximum absolute atomic E-state index is 13.5. The highest BCUT2D eigenvalue weighted by atomic mass is 16.5. The summed E-state index contributed by atoms with van der Waals surface area (Å²) in [5.74, 6) is 0.419. The lowest BCUT2D eigenvalue weighted by molar-refractivity contribution is -0.145. The van der Waals surface area contributed by atoms with Gasteiger partial charge in [0.25, 0.3) is 5.91 Å². The lowest BCUT2D eigenvalue weighted by atomic mass is 10.1. The smallest absolute Gasteiger partial charge is 0.256 e. The fourth-order valence-electron chi connectivity index (χ4n) is 4.48. The summed E-state index contributed by atoms with van der Waals surface area (Å²) in [6.45, 7) is 9.42. The molecule has 0 aliphatic carbocycles. The Kier molecular flexibility index (Phi) is 8.58. The number of likely N-dealkylation sites (N-methyl/N-ethyl adjacent to an activating group) is 2. The summed E-state index contributed by atoms with van der Waals surface area (Å²) in [5, 5.41) is 13.9. The molecular weight excluding hydrogens is 468 g/mol. The van der Waals surface area contributed by atoms with Gasteiger partial charge in [-0.25, -0.2) is 5.01 Å². The molecule has 1 aliphatic rings. The highest BCUT2D eigenvalue weighted by Gasteiger charge is 2.27. The van der Waals surface area contributed by atoms with Crippen LogP contribution in [-0.4, -0.2) is 66.8 Å². The molecule has 2 aromatic carbocycles. The Morgan fingerprint density at radius 2 is 1.76 bits per heavy atom. The van der Waals surface area contributed by atoms with Gasteiger partial charge < -0.3 is 20.1 Å². The van der Waals surface area contributed by atoms with Gasteiger partial charge in [-0.15, -0.1) is 0 Å². The summed E-state index contributed by atoms with van der Waals surface area (Å²) in [4.78, 5) is 28.2. The molecule has 4 rings (SSSR count). The quantitative estimate of drug-likeness (QED) is 0.388. The van der Waals surface area contributed by atoms with Crippen LogP contribution in [0.25, 0.3) is 11.3 Å². The Morgan fingerprint density at radius 1 is 1.03 bits per heavy atom. The number of carbonyl (C=O) groups is 2. The fourth-order valence-corrected chi connectivity index (χ4v) is 4.48. The predicted octanol–water partition coefficient (Wildman–Crippen LogP) is 2.88. The molecule has 0 spiro atoms. The molecule has 2 heterocycles. The molecule has 2 N–H and O–H groups in total. The third kappa shape index (κ3) is 6.55. The van der Waals surface area contributed by atoms with Crippen molar-refractivity contribution in [2.24, 2.45) is 0 Å². The fraction of sp³-hybridized carbons (Fsp3) is 0.393. The Balaban J connectivity index is 1.53. The van der Waals surface area contributed by atoms with Crippen LogP contribution in [0.3, 0.4) is 0 Å². The third-order valence-corrected chi connectivity index (χ3v) is 6.61. The van der Waals surface area contributed by atoms with Crippen LogP contribution >= 0.6 is 0 Å². The van der Waals surface area contributed by atoms with Gasteiger partial charge >= 0.3 is 0 Å². The minimum atomic E-state index is -0.137. The Bertz CT molecular complexity index is 1220. The first-order chi connectivity index (χ1) is 17.9. The monoisotopic (exact) mass is 504 g/mol. The van der Waals surface area contributed by atoms with Crippen molar-refractivity contribution >= 4 is 17.5 Å². The number of carbonyl (C=O) groups excluding carboxylic acids is 2. The highest BCUT2D eigenvalue weighted by molar-refractivity contribution is 5.87. The molecule has 1 aliphatic heterocycles. The number of rotatable bonds is 11. The zero-order chi connectivity index (χ0) is 26.4. The van der Waals surface area contributed by atoms with Gasteiger partial charge in [0.2, 0.25) is 5.91 Å². The van der Waals surface area contributed by atoms with E-state index in [1.54, 1.807) is 12.1 Å². The van der Waals surface area contributed by atoms with Crippen molar-refractivity contribution in [1.82, 2.24) is 25.8 Å². The van der Waals surface area contributed by atoms with Crippen LogP contribution < -0.4 is 15.5 Å². The van der Waals surface area contributed by atoms with Crippen molar-refractivity contribution in [2.45, 2.75) is 33.9 Å². The standard InChI is InChI=1S/C28H36N6O3/c1-5-29-12-13-30-27(35)18-33(25-15-22(11-10-20(25)2)26-14-21(3)31-37-26)19-28(36)32(4)34-16-23-8-6-7-9-24(23)17-34/h6-11,14-15,29H,5,12-13,16-19H2,1-4H3,(H,30,35). The van der Waals surface area contributed by atoms with Crippen LogP contribution in [0.2, 0.25) is 0 Å². The van der Waals surface area contributed by atoms with Gasteiger partial charge in [-0.2, -0.15) is 0 Å². The van der Waals surface area contributed by atoms with Crippen molar-refractivity contribution in [3.63, 3.8) is 0 Å². The molecule has 0 fully saturated rings. The SMILES string of the molecule is CCNCCNC(=O)CN(CC(=O)N(C)N1Cc2ccccc2C1)c1cc(-c2cc(C)no2)ccc1C. The molecule has 3 aromatic rings. The lowest BCUT2D eigenvalue weighted by Crippen LogP contribution is -2.48. The van der Waals surface area contributed by atoms with E-state index in [0.717, 1.165) is 29.1 Å². The van der Waals surface area contributed by atoms with Crippen LogP contribution in [0.5, 0.6) is 0 Å². The molecule has 9 nitrogen and oxygen atoms in total. The third-order valence-electron chi connectivity index (χ3n) is 6.61. The lowest BCUT2D eigenvalue weighted by Gasteiger charge is -2.32. The zero-order valence-corrected chi connectivity index (χ0v) is 22.1. The first-order valence-electron chi connectivity index (χ1n) is 12.7. The molecule has 0 unspecified atom stereocenters. The number of hydrazine groups is 1. The number of benzene rings is 2. The minimum Gasteiger partial charge on any atom is -0.356 e. The maximum atomic E-state index is 13.5. The minimum absolute atomic E-state index is 0.0592. The van der Waals surface area contributed by atoms with Crippen LogP contribution in [-0.2, 0) is 22.7 Å². The van der Waals surface area contributed by atoms with E-state index in [4.69, 9.17) is 4.52 Å². The van der Waals surface area contributed by atoms with Gasteiger partial charge in [0.1, 0.15) is 0 Å². The van der Waals surface area contributed by atoms with Gasteiger partial charge in [-0.3, -0.25) is 14.6 Å². The number of amides is 2. The van der Waals surface area contributed by atoms with Crippen LogP contribution in [0, 0.1) is 13.8 Å². The molecule has 0 saturated heterocycles. The van der Waals surface area contributed by atoms with Crippen molar-refractivity contribution in [3.05, 3.63) is 70.9 Å².